The Labute approximate surface area is 110 Å². The van der Waals surface area contributed by atoms with Gasteiger partial charge < -0.3 is 15.8 Å². The van der Waals surface area contributed by atoms with Gasteiger partial charge in [-0.2, -0.15) is 0 Å². The molecule has 1 atom stereocenters. The number of hydrogen-bond acceptors (Lipinski definition) is 4. The number of anilines is 1. The Morgan fingerprint density at radius 1 is 1.50 bits per heavy atom. The van der Waals surface area contributed by atoms with Crippen molar-refractivity contribution in [2.24, 2.45) is 0 Å². The van der Waals surface area contributed by atoms with E-state index in [1.165, 1.54) is 25.1 Å². The zero-order chi connectivity index (χ0) is 13.7. The number of nitrogen functional groups attached to an aromatic ring is 1. The molecule has 6 heteroatoms. The molecule has 0 aliphatic rings. The third kappa shape index (κ3) is 3.63. The van der Waals surface area contributed by atoms with Gasteiger partial charge in [0.2, 0.25) is 0 Å². The maximum absolute atomic E-state index is 11.7. The number of carbonyl (C=O) groups is 2. The number of rotatable bonds is 4. The maximum Gasteiger partial charge on any atom is 0.338 e. The molecule has 0 aliphatic carbocycles. The van der Waals surface area contributed by atoms with Crippen molar-refractivity contribution in [3.05, 3.63) is 28.8 Å². The van der Waals surface area contributed by atoms with Crippen molar-refractivity contribution in [3.63, 3.8) is 0 Å². The summed E-state index contributed by atoms with van der Waals surface area (Å²) in [5, 5.41) is 2.92. The minimum atomic E-state index is -0.852. The van der Waals surface area contributed by atoms with Crippen molar-refractivity contribution >= 4 is 29.2 Å². The summed E-state index contributed by atoms with van der Waals surface area (Å²) >= 11 is 5.74. The Bertz CT molecular complexity index is 463. The Balaban J connectivity index is 2.70. The molecule has 1 aromatic carbocycles. The van der Waals surface area contributed by atoms with Crippen molar-refractivity contribution < 1.29 is 14.3 Å². The topological polar surface area (TPSA) is 81.4 Å². The molecule has 18 heavy (non-hydrogen) atoms. The number of ether oxygens (including phenoxy) is 1. The van der Waals surface area contributed by atoms with Crippen LogP contribution in [-0.2, 0) is 9.53 Å². The first-order valence-electron chi connectivity index (χ1n) is 5.49. The van der Waals surface area contributed by atoms with Crippen LogP contribution in [0, 0.1) is 0 Å². The summed E-state index contributed by atoms with van der Waals surface area (Å²) in [5.74, 6) is -0.954. The molecule has 98 valence electrons. The van der Waals surface area contributed by atoms with Gasteiger partial charge in [0.25, 0.3) is 5.91 Å². The van der Waals surface area contributed by atoms with E-state index in [9.17, 15) is 9.59 Å². The summed E-state index contributed by atoms with van der Waals surface area (Å²) in [6, 6.07) is 4.41. The number of nitrogens with one attached hydrogen (secondary N) is 1. The van der Waals surface area contributed by atoms with E-state index in [4.69, 9.17) is 22.1 Å². The van der Waals surface area contributed by atoms with E-state index < -0.39 is 12.1 Å². The molecule has 0 fully saturated rings. The average Bonchev–Trinajstić information content (AvgIpc) is 2.32. The highest BCUT2D eigenvalue weighted by Crippen LogP contribution is 2.20. The van der Waals surface area contributed by atoms with E-state index in [0.717, 1.165) is 0 Å². The van der Waals surface area contributed by atoms with E-state index in [1.54, 1.807) is 6.92 Å². The quantitative estimate of drug-likeness (QED) is 0.643. The van der Waals surface area contributed by atoms with Gasteiger partial charge >= 0.3 is 5.97 Å². The lowest BCUT2D eigenvalue weighted by atomic mass is 10.2. The molecule has 1 aromatic rings. The van der Waals surface area contributed by atoms with Crippen molar-refractivity contribution in [1.29, 1.82) is 0 Å². The van der Waals surface area contributed by atoms with Crippen LogP contribution in [0.4, 0.5) is 5.69 Å². The molecule has 0 spiro atoms. The Morgan fingerprint density at radius 2 is 2.17 bits per heavy atom. The molecule has 0 radical (unpaired) electrons. The molecule has 0 heterocycles. The minimum Gasteiger partial charge on any atom is -0.449 e. The molecule has 0 bridgehead atoms. The molecule has 1 amide bonds. The van der Waals surface area contributed by atoms with Crippen molar-refractivity contribution in [3.8, 4) is 0 Å². The lowest BCUT2D eigenvalue weighted by Crippen LogP contribution is -2.35. The van der Waals surface area contributed by atoms with Gasteiger partial charge in [-0.1, -0.05) is 11.6 Å². The van der Waals surface area contributed by atoms with Crippen molar-refractivity contribution in [2.75, 3.05) is 12.3 Å². The molecule has 3 N–H and O–H groups in total. The fourth-order valence-corrected chi connectivity index (χ4v) is 1.39. The van der Waals surface area contributed by atoms with E-state index >= 15 is 0 Å². The van der Waals surface area contributed by atoms with Crippen molar-refractivity contribution in [1.82, 2.24) is 5.32 Å². The molecule has 0 aromatic heterocycles. The lowest BCUT2D eigenvalue weighted by molar-refractivity contribution is -0.128. The number of halogens is 1. The molecule has 0 aliphatic heterocycles. The predicted octanol–water partition coefficient (Wildman–Crippen LogP) is 1.60. The Kier molecular flexibility index (Phi) is 4.97. The standard InChI is InChI=1S/C12H15ClN2O3/c1-3-15-11(16)7(2)18-12(17)8-4-5-9(13)10(14)6-8/h4-7H,3,14H2,1-2H3,(H,15,16). The summed E-state index contributed by atoms with van der Waals surface area (Å²) < 4.78 is 5.00. The van der Waals surface area contributed by atoms with Crippen LogP contribution in [0.5, 0.6) is 0 Å². The van der Waals surface area contributed by atoms with Crippen LogP contribution in [0.2, 0.25) is 5.02 Å². The largest absolute Gasteiger partial charge is 0.449 e. The fourth-order valence-electron chi connectivity index (χ4n) is 1.27. The van der Waals surface area contributed by atoms with Gasteiger partial charge in [-0.25, -0.2) is 4.79 Å². The van der Waals surface area contributed by atoms with Crippen LogP contribution in [0.15, 0.2) is 18.2 Å². The summed E-state index contributed by atoms with van der Waals surface area (Å²) in [5.41, 5.74) is 6.12. The predicted molar refractivity (Wildman–Crippen MR) is 69.4 cm³/mol. The normalized spacial score (nSPS) is 11.7. The summed E-state index contributed by atoms with van der Waals surface area (Å²) in [4.78, 5) is 23.1. The first-order valence-corrected chi connectivity index (χ1v) is 5.87. The molecular formula is C12H15ClN2O3. The van der Waals surface area contributed by atoms with Gasteiger partial charge in [0.1, 0.15) is 0 Å². The third-order valence-electron chi connectivity index (χ3n) is 2.24. The van der Waals surface area contributed by atoms with Crippen LogP contribution < -0.4 is 11.1 Å². The molecular weight excluding hydrogens is 256 g/mol. The first-order chi connectivity index (χ1) is 8.45. The number of nitrogens with two attached hydrogens (primary N) is 1. The second-order valence-corrected chi connectivity index (χ2v) is 4.09. The minimum absolute atomic E-state index is 0.257. The number of likely N-dealkylation sites (N-methyl/N-ethyl adjacent to an activating group) is 1. The highest BCUT2D eigenvalue weighted by atomic mass is 35.5. The van der Waals surface area contributed by atoms with Gasteiger partial charge in [-0.05, 0) is 32.0 Å². The Morgan fingerprint density at radius 3 is 2.72 bits per heavy atom. The second-order valence-electron chi connectivity index (χ2n) is 3.68. The summed E-state index contributed by atoms with van der Waals surface area (Å²) in [7, 11) is 0. The van der Waals surface area contributed by atoms with Crippen LogP contribution in [0.3, 0.4) is 0 Å². The highest BCUT2D eigenvalue weighted by Gasteiger charge is 2.18. The number of amides is 1. The van der Waals surface area contributed by atoms with Gasteiger partial charge in [-0.3, -0.25) is 4.79 Å². The fraction of sp³-hybridized carbons (Fsp3) is 0.333. The van der Waals surface area contributed by atoms with Crippen LogP contribution >= 0.6 is 11.6 Å². The van der Waals surface area contributed by atoms with E-state index in [0.29, 0.717) is 11.6 Å². The number of hydrogen-bond donors (Lipinski definition) is 2. The van der Waals surface area contributed by atoms with Gasteiger partial charge in [0.05, 0.1) is 16.3 Å². The van der Waals surface area contributed by atoms with Gasteiger partial charge in [-0.15, -0.1) is 0 Å². The molecule has 0 saturated heterocycles. The Hall–Kier alpha value is -1.75. The lowest BCUT2D eigenvalue weighted by Gasteiger charge is -2.12. The summed E-state index contributed by atoms with van der Waals surface area (Å²) in [6.07, 6.45) is -0.852. The SMILES string of the molecule is CCNC(=O)C(C)OC(=O)c1ccc(Cl)c(N)c1. The van der Waals surface area contributed by atoms with Gasteiger partial charge in [0, 0.05) is 6.54 Å². The molecule has 1 rings (SSSR count). The van der Waals surface area contributed by atoms with Crippen molar-refractivity contribution in [2.45, 2.75) is 20.0 Å². The maximum atomic E-state index is 11.7. The average molecular weight is 271 g/mol. The summed E-state index contributed by atoms with van der Waals surface area (Å²) in [6.45, 7) is 3.77. The monoisotopic (exact) mass is 270 g/mol. The number of carbonyl (C=O) groups excluding carboxylic acids is 2. The first kappa shape index (κ1) is 14.3. The molecule has 5 nitrogen and oxygen atoms in total. The number of esters is 1. The smallest absolute Gasteiger partial charge is 0.338 e. The van der Waals surface area contributed by atoms with Crippen LogP contribution in [-0.4, -0.2) is 24.5 Å². The van der Waals surface area contributed by atoms with E-state index in [1.807, 2.05) is 0 Å². The second kappa shape index (κ2) is 6.26. The third-order valence-corrected chi connectivity index (χ3v) is 2.58. The van der Waals surface area contributed by atoms with Crippen LogP contribution in [0.1, 0.15) is 24.2 Å². The zero-order valence-electron chi connectivity index (χ0n) is 10.2. The van der Waals surface area contributed by atoms with Crippen LogP contribution in [0.25, 0.3) is 0 Å². The molecule has 0 saturated carbocycles. The van der Waals surface area contributed by atoms with Gasteiger partial charge in [0.15, 0.2) is 6.10 Å². The van der Waals surface area contributed by atoms with E-state index in [-0.39, 0.29) is 17.2 Å². The molecule has 1 unspecified atom stereocenters. The zero-order valence-corrected chi connectivity index (χ0v) is 11.0. The highest BCUT2D eigenvalue weighted by molar-refractivity contribution is 6.33. The van der Waals surface area contributed by atoms with E-state index in [2.05, 4.69) is 5.32 Å². The number of benzene rings is 1.